The van der Waals surface area contributed by atoms with Crippen molar-refractivity contribution in [3.63, 3.8) is 0 Å². The molecule has 3 aromatic carbocycles. The van der Waals surface area contributed by atoms with E-state index in [1.54, 1.807) is 0 Å². The van der Waals surface area contributed by atoms with Gasteiger partial charge in [-0.1, -0.05) is 72.3 Å². The van der Waals surface area contributed by atoms with Gasteiger partial charge in [0, 0.05) is 24.7 Å². The zero-order valence-corrected chi connectivity index (χ0v) is 19.8. The van der Waals surface area contributed by atoms with E-state index < -0.39 is 0 Å². The maximum atomic E-state index is 12.4. The van der Waals surface area contributed by atoms with Gasteiger partial charge in [-0.3, -0.25) is 4.39 Å². The van der Waals surface area contributed by atoms with Gasteiger partial charge in [0.25, 0.3) is 0 Å². The highest BCUT2D eigenvalue weighted by atomic mass is 35.5. The number of allylic oxidation sites excluding steroid dienone is 1. The first kappa shape index (κ1) is 22.4. The van der Waals surface area contributed by atoms with Crippen LogP contribution in [0.4, 0.5) is 4.39 Å². The summed E-state index contributed by atoms with van der Waals surface area (Å²) < 4.78 is 12.4. The van der Waals surface area contributed by atoms with E-state index in [1.807, 2.05) is 6.07 Å². The van der Waals surface area contributed by atoms with Crippen LogP contribution in [-0.4, -0.2) is 31.2 Å². The van der Waals surface area contributed by atoms with E-state index in [0.717, 1.165) is 50.3 Å². The van der Waals surface area contributed by atoms with Crippen LogP contribution in [0.15, 0.2) is 72.8 Å². The lowest BCUT2D eigenvalue weighted by molar-refractivity contribution is 0.0968. The fourth-order valence-corrected chi connectivity index (χ4v) is 5.62. The first-order chi connectivity index (χ1) is 16.2. The van der Waals surface area contributed by atoms with Crippen molar-refractivity contribution in [3.05, 3.63) is 106 Å². The maximum Gasteiger partial charge on any atom is 0.0906 e. The molecule has 1 heterocycles. The Balaban J connectivity index is 1.44. The molecule has 0 radical (unpaired) electrons. The van der Waals surface area contributed by atoms with Crippen LogP contribution in [-0.2, 0) is 12.8 Å². The van der Waals surface area contributed by atoms with Gasteiger partial charge in [-0.25, -0.2) is 0 Å². The summed E-state index contributed by atoms with van der Waals surface area (Å²) in [6.45, 7) is 2.88. The van der Waals surface area contributed by atoms with Crippen molar-refractivity contribution in [3.8, 4) is 0 Å². The molecule has 0 N–H and O–H groups in total. The molecular formula is C30H31ClFN. The molecule has 0 bridgehead atoms. The van der Waals surface area contributed by atoms with E-state index in [9.17, 15) is 4.39 Å². The summed E-state index contributed by atoms with van der Waals surface area (Å²) in [5.74, 6) is 0.690. The highest BCUT2D eigenvalue weighted by Gasteiger charge is 2.26. The molecule has 0 aromatic heterocycles. The van der Waals surface area contributed by atoms with Gasteiger partial charge in [-0.15, -0.1) is 0 Å². The fraction of sp³-hybridized carbons (Fsp3) is 0.333. The monoisotopic (exact) mass is 459 g/mol. The largest absolute Gasteiger partial charge is 0.303 e. The molecule has 1 saturated heterocycles. The second kappa shape index (κ2) is 10.2. The number of hydrogen-bond donors (Lipinski definition) is 0. The van der Waals surface area contributed by atoms with E-state index in [1.165, 1.54) is 39.0 Å². The molecule has 33 heavy (non-hydrogen) atoms. The third-order valence-electron chi connectivity index (χ3n) is 7.04. The average molecular weight is 460 g/mol. The molecule has 2 aliphatic rings. The third kappa shape index (κ3) is 5.08. The number of hydrogen-bond acceptors (Lipinski definition) is 1. The van der Waals surface area contributed by atoms with Crippen LogP contribution < -0.4 is 0 Å². The number of benzene rings is 3. The highest BCUT2D eigenvalue weighted by molar-refractivity contribution is 6.30. The highest BCUT2D eigenvalue weighted by Crippen LogP contribution is 2.40. The zero-order valence-electron chi connectivity index (χ0n) is 19.1. The molecule has 1 aliphatic carbocycles. The lowest BCUT2D eigenvalue weighted by Crippen LogP contribution is -2.47. The Bertz CT molecular complexity index is 1130. The van der Waals surface area contributed by atoms with E-state index in [4.69, 9.17) is 11.6 Å². The van der Waals surface area contributed by atoms with Crippen molar-refractivity contribution >= 4 is 22.7 Å². The molecule has 0 amide bonds. The number of rotatable bonds is 7. The van der Waals surface area contributed by atoms with Crippen LogP contribution in [0.5, 0.6) is 0 Å². The van der Waals surface area contributed by atoms with Crippen molar-refractivity contribution in [2.24, 2.45) is 5.92 Å². The zero-order chi connectivity index (χ0) is 22.6. The Labute approximate surface area is 201 Å². The summed E-state index contributed by atoms with van der Waals surface area (Å²) in [7, 11) is 0. The van der Waals surface area contributed by atoms with Gasteiger partial charge in [0.1, 0.15) is 0 Å². The number of fused-ring (bicyclic) bond motifs is 1. The summed E-state index contributed by atoms with van der Waals surface area (Å²) in [5.41, 5.74) is 9.40. The summed E-state index contributed by atoms with van der Waals surface area (Å²) in [4.78, 5) is 2.36. The number of halogens is 2. The predicted molar refractivity (Wildman–Crippen MR) is 137 cm³/mol. The molecule has 0 saturated carbocycles. The van der Waals surface area contributed by atoms with Crippen molar-refractivity contribution in [2.45, 2.75) is 32.1 Å². The predicted octanol–water partition coefficient (Wildman–Crippen LogP) is 7.47. The van der Waals surface area contributed by atoms with Gasteiger partial charge in [0.05, 0.1) is 6.67 Å². The van der Waals surface area contributed by atoms with Crippen LogP contribution in [0.25, 0.3) is 11.1 Å². The Morgan fingerprint density at radius 3 is 2.48 bits per heavy atom. The van der Waals surface area contributed by atoms with Gasteiger partial charge in [-0.2, -0.15) is 0 Å². The minimum atomic E-state index is -0.210. The molecule has 0 spiro atoms. The Morgan fingerprint density at radius 1 is 0.879 bits per heavy atom. The van der Waals surface area contributed by atoms with E-state index >= 15 is 0 Å². The van der Waals surface area contributed by atoms with Gasteiger partial charge >= 0.3 is 0 Å². The molecule has 5 rings (SSSR count). The maximum absolute atomic E-state index is 12.4. The molecule has 1 nitrogen and oxygen atoms in total. The molecule has 170 valence electrons. The SMILES string of the molecule is FCCCN1CC(Cc2ccc(C3=C(c4cccc(Cl)c4)CCCc4ccccc43)cc2)C1. The molecule has 0 atom stereocenters. The van der Waals surface area contributed by atoms with Crippen molar-refractivity contribution in [1.82, 2.24) is 4.90 Å². The number of alkyl halides is 1. The molecule has 3 aromatic rings. The van der Waals surface area contributed by atoms with E-state index in [-0.39, 0.29) is 6.67 Å². The van der Waals surface area contributed by atoms with Gasteiger partial charge < -0.3 is 4.90 Å². The van der Waals surface area contributed by atoms with Crippen LogP contribution in [0.1, 0.15) is 47.1 Å². The average Bonchev–Trinajstić information content (AvgIpc) is 3.01. The second-order valence-corrected chi connectivity index (χ2v) is 9.88. The first-order valence-electron chi connectivity index (χ1n) is 12.2. The molecular weight excluding hydrogens is 429 g/mol. The molecule has 1 fully saturated rings. The summed E-state index contributed by atoms with van der Waals surface area (Å²) >= 11 is 6.38. The van der Waals surface area contributed by atoms with Gasteiger partial charge in [0.15, 0.2) is 0 Å². The third-order valence-corrected chi connectivity index (χ3v) is 7.28. The lowest BCUT2D eigenvalue weighted by Gasteiger charge is -2.39. The fourth-order valence-electron chi connectivity index (χ4n) is 5.43. The molecule has 1 aliphatic heterocycles. The molecule has 0 unspecified atom stereocenters. The standard InChI is InChI=1S/C30H31ClFN/c31-27-9-3-8-26(19-27)29-11-4-7-24-6-1-2-10-28(24)30(29)25-14-12-22(13-15-25)18-23-20-33(21-23)17-5-16-32/h1-3,6,8-10,12-15,19,23H,4-5,7,11,16-18,20-21H2. The Morgan fingerprint density at radius 2 is 1.70 bits per heavy atom. The first-order valence-corrected chi connectivity index (χ1v) is 12.5. The quantitative estimate of drug-likeness (QED) is 0.354. The van der Waals surface area contributed by atoms with Gasteiger partial charge in [0.2, 0.25) is 0 Å². The number of aryl methyl sites for hydroxylation is 1. The van der Waals surface area contributed by atoms with Crippen LogP contribution in [0.2, 0.25) is 5.02 Å². The Hall–Kier alpha value is -2.42. The second-order valence-electron chi connectivity index (χ2n) is 9.44. The van der Waals surface area contributed by atoms with Crippen molar-refractivity contribution in [2.75, 3.05) is 26.3 Å². The number of nitrogens with zero attached hydrogens (tertiary/aromatic N) is 1. The van der Waals surface area contributed by atoms with Crippen molar-refractivity contribution in [1.29, 1.82) is 0 Å². The van der Waals surface area contributed by atoms with Crippen LogP contribution in [0, 0.1) is 5.92 Å². The lowest BCUT2D eigenvalue weighted by atomic mass is 9.86. The minimum Gasteiger partial charge on any atom is -0.303 e. The summed E-state index contributed by atoms with van der Waals surface area (Å²) in [5, 5.41) is 0.785. The van der Waals surface area contributed by atoms with E-state index in [0.29, 0.717) is 12.3 Å². The minimum absolute atomic E-state index is 0.210. The van der Waals surface area contributed by atoms with Crippen molar-refractivity contribution < 1.29 is 4.39 Å². The van der Waals surface area contributed by atoms with Crippen LogP contribution in [0.3, 0.4) is 0 Å². The summed E-state index contributed by atoms with van der Waals surface area (Å²) in [6.07, 6.45) is 5.04. The van der Waals surface area contributed by atoms with Crippen LogP contribution >= 0.6 is 11.6 Å². The Kier molecular flexibility index (Phi) is 6.94. The number of likely N-dealkylation sites (tertiary alicyclic amines) is 1. The smallest absolute Gasteiger partial charge is 0.0906 e. The summed E-state index contributed by atoms with van der Waals surface area (Å²) in [6, 6.07) is 26.4. The topological polar surface area (TPSA) is 3.24 Å². The van der Waals surface area contributed by atoms with Gasteiger partial charge in [-0.05, 0) is 89.1 Å². The van der Waals surface area contributed by atoms with E-state index in [2.05, 4.69) is 71.6 Å². The molecule has 3 heteroatoms. The normalized spacial score (nSPS) is 16.9.